The van der Waals surface area contributed by atoms with Crippen molar-refractivity contribution in [2.75, 3.05) is 0 Å². The predicted molar refractivity (Wildman–Crippen MR) is 131 cm³/mol. The Morgan fingerprint density at radius 3 is 1.82 bits per heavy atom. The molecule has 6 nitrogen and oxygen atoms in total. The molecular formula is C28H44O6. The number of allylic oxidation sites excluding steroid dienone is 2. The van der Waals surface area contributed by atoms with Crippen LogP contribution >= 0.6 is 0 Å². The van der Waals surface area contributed by atoms with Gasteiger partial charge in [0.1, 0.15) is 5.78 Å². The summed E-state index contributed by atoms with van der Waals surface area (Å²) in [5.74, 6) is -0.875. The fourth-order valence-corrected chi connectivity index (χ4v) is 5.28. The summed E-state index contributed by atoms with van der Waals surface area (Å²) in [4.78, 5) is 48.0. The average molecular weight is 477 g/mol. The van der Waals surface area contributed by atoms with E-state index in [1.54, 1.807) is 27.7 Å². The number of hydrogen-bond acceptors (Lipinski definition) is 4. The van der Waals surface area contributed by atoms with Crippen molar-refractivity contribution >= 4 is 23.5 Å². The molecule has 3 unspecified atom stereocenters. The molecule has 192 valence electrons. The minimum Gasteiger partial charge on any atom is -0.481 e. The molecular weight excluding hydrogens is 432 g/mol. The second-order valence-corrected chi connectivity index (χ2v) is 11.8. The Bertz CT molecular complexity index is 791. The highest BCUT2D eigenvalue weighted by Crippen LogP contribution is 2.36. The van der Waals surface area contributed by atoms with Crippen molar-refractivity contribution in [2.45, 2.75) is 111 Å². The molecule has 0 aliphatic heterocycles. The van der Waals surface area contributed by atoms with Crippen LogP contribution in [0.1, 0.15) is 111 Å². The van der Waals surface area contributed by atoms with Gasteiger partial charge in [0, 0.05) is 17.8 Å². The van der Waals surface area contributed by atoms with Gasteiger partial charge in [0.2, 0.25) is 0 Å². The van der Waals surface area contributed by atoms with Gasteiger partial charge in [0.05, 0.1) is 10.8 Å². The molecule has 0 saturated heterocycles. The van der Waals surface area contributed by atoms with Crippen LogP contribution in [-0.2, 0) is 19.2 Å². The summed E-state index contributed by atoms with van der Waals surface area (Å²) in [7, 11) is 0. The summed E-state index contributed by atoms with van der Waals surface area (Å²) in [5.41, 5.74) is -0.552. The van der Waals surface area contributed by atoms with Crippen molar-refractivity contribution in [1.29, 1.82) is 0 Å². The monoisotopic (exact) mass is 476 g/mol. The third-order valence-electron chi connectivity index (χ3n) is 8.13. The molecule has 2 rings (SSSR count). The molecule has 0 heterocycles. The van der Waals surface area contributed by atoms with Crippen molar-refractivity contribution in [3.05, 3.63) is 11.6 Å². The maximum absolute atomic E-state index is 12.8. The fourth-order valence-electron chi connectivity index (χ4n) is 5.28. The molecule has 0 amide bonds. The van der Waals surface area contributed by atoms with Gasteiger partial charge >= 0.3 is 11.9 Å². The number of hydrogen-bond donors (Lipinski definition) is 2. The summed E-state index contributed by atoms with van der Waals surface area (Å²) in [6.07, 6.45) is 12.4. The third kappa shape index (κ3) is 7.78. The first-order valence-electron chi connectivity index (χ1n) is 13.1. The van der Waals surface area contributed by atoms with E-state index in [2.05, 4.69) is 0 Å². The Hall–Kier alpha value is -1.98. The molecule has 2 aliphatic rings. The van der Waals surface area contributed by atoms with Crippen LogP contribution < -0.4 is 0 Å². The van der Waals surface area contributed by atoms with E-state index < -0.39 is 22.8 Å². The predicted octanol–water partition coefficient (Wildman–Crippen LogP) is 6.22. The van der Waals surface area contributed by atoms with E-state index in [0.717, 1.165) is 69.8 Å². The smallest absolute Gasteiger partial charge is 0.309 e. The van der Waals surface area contributed by atoms with Gasteiger partial charge in [0.25, 0.3) is 0 Å². The molecule has 2 saturated carbocycles. The molecule has 0 aromatic heterocycles. The Labute approximate surface area is 204 Å². The van der Waals surface area contributed by atoms with Gasteiger partial charge in [-0.3, -0.25) is 19.2 Å². The van der Waals surface area contributed by atoms with Gasteiger partial charge in [-0.15, -0.1) is 0 Å². The Balaban J connectivity index is 1.71. The van der Waals surface area contributed by atoms with Crippen molar-refractivity contribution in [3.63, 3.8) is 0 Å². The molecule has 6 heteroatoms. The lowest BCUT2D eigenvalue weighted by molar-refractivity contribution is -0.148. The quantitative estimate of drug-likeness (QED) is 0.227. The number of carbonyl (C=O) groups is 4. The van der Waals surface area contributed by atoms with Gasteiger partial charge in [-0.25, -0.2) is 0 Å². The summed E-state index contributed by atoms with van der Waals surface area (Å²) < 4.78 is 0. The summed E-state index contributed by atoms with van der Waals surface area (Å²) in [5, 5.41) is 18.4. The van der Waals surface area contributed by atoms with Crippen LogP contribution in [0.5, 0.6) is 0 Å². The van der Waals surface area contributed by atoms with E-state index in [9.17, 15) is 29.4 Å². The van der Waals surface area contributed by atoms with E-state index in [1.165, 1.54) is 0 Å². The minimum absolute atomic E-state index is 0.0121. The highest BCUT2D eigenvalue weighted by molar-refractivity contribution is 5.99. The van der Waals surface area contributed by atoms with Crippen LogP contribution in [0.2, 0.25) is 0 Å². The lowest BCUT2D eigenvalue weighted by Gasteiger charge is -2.19. The molecule has 2 N–H and O–H groups in total. The van der Waals surface area contributed by atoms with Crippen LogP contribution in [-0.4, -0.2) is 33.7 Å². The van der Waals surface area contributed by atoms with Crippen LogP contribution in [0, 0.1) is 28.6 Å². The normalized spacial score (nSPS) is 24.8. The van der Waals surface area contributed by atoms with Crippen molar-refractivity contribution in [3.8, 4) is 0 Å². The molecule has 2 fully saturated rings. The lowest BCUT2D eigenvalue weighted by atomic mass is 9.86. The standard InChI is InChI=1S/C28H44O6/c1-27(2,25(31)32)17-7-5-9-19-11-13-21(23(19)29)15-16-22-14-12-20(24(22)30)10-6-8-18-28(3,4)26(33)34/h15,19-20,22H,5-14,16-18H2,1-4H3,(H,31,32)(H,33,34). The number of ketones is 2. The number of aliphatic carboxylic acids is 2. The maximum atomic E-state index is 12.8. The number of carbonyl (C=O) groups excluding carboxylic acids is 2. The van der Waals surface area contributed by atoms with Crippen LogP contribution in [0.25, 0.3) is 0 Å². The largest absolute Gasteiger partial charge is 0.481 e. The van der Waals surface area contributed by atoms with Gasteiger partial charge in [-0.1, -0.05) is 31.8 Å². The number of carboxylic acid groups (broad SMARTS) is 2. The number of unbranched alkanes of at least 4 members (excludes halogenated alkanes) is 2. The van der Waals surface area contributed by atoms with Crippen molar-refractivity contribution < 1.29 is 29.4 Å². The second kappa shape index (κ2) is 12.1. The highest BCUT2D eigenvalue weighted by Gasteiger charge is 2.35. The number of Topliss-reactive ketones (excluding diaryl/α,β-unsaturated/α-hetero) is 2. The van der Waals surface area contributed by atoms with E-state index in [-0.39, 0.29) is 23.5 Å². The first-order valence-corrected chi connectivity index (χ1v) is 13.1. The van der Waals surface area contributed by atoms with Crippen LogP contribution in [0.4, 0.5) is 0 Å². The molecule has 0 aromatic rings. The van der Waals surface area contributed by atoms with Crippen molar-refractivity contribution in [2.24, 2.45) is 28.6 Å². The molecule has 0 spiro atoms. The Morgan fingerprint density at radius 1 is 0.794 bits per heavy atom. The average Bonchev–Trinajstić information content (AvgIpc) is 3.29. The van der Waals surface area contributed by atoms with E-state index in [4.69, 9.17) is 0 Å². The first-order chi connectivity index (χ1) is 15.8. The molecule has 0 bridgehead atoms. The molecule has 0 aromatic carbocycles. The van der Waals surface area contributed by atoms with Crippen LogP contribution in [0.15, 0.2) is 11.6 Å². The first kappa shape index (κ1) is 28.3. The highest BCUT2D eigenvalue weighted by atomic mass is 16.4. The fraction of sp³-hybridized carbons (Fsp3) is 0.786. The van der Waals surface area contributed by atoms with Crippen LogP contribution in [0.3, 0.4) is 0 Å². The lowest BCUT2D eigenvalue weighted by Crippen LogP contribution is -2.23. The van der Waals surface area contributed by atoms with Crippen molar-refractivity contribution in [1.82, 2.24) is 0 Å². The third-order valence-corrected chi connectivity index (χ3v) is 8.13. The maximum Gasteiger partial charge on any atom is 0.309 e. The van der Waals surface area contributed by atoms with E-state index in [1.807, 2.05) is 6.08 Å². The summed E-state index contributed by atoms with van der Waals surface area (Å²) >= 11 is 0. The zero-order valence-corrected chi connectivity index (χ0v) is 21.5. The SMILES string of the molecule is CC(C)(CCCCC1CCC(=CCC2CCC(CCCCC(C)(C)C(=O)O)C2=O)C1=O)C(=O)O. The minimum atomic E-state index is -0.777. The number of carboxylic acids is 2. The Morgan fingerprint density at radius 2 is 1.29 bits per heavy atom. The van der Waals surface area contributed by atoms with Gasteiger partial charge in [0.15, 0.2) is 5.78 Å². The zero-order valence-electron chi connectivity index (χ0n) is 21.5. The van der Waals surface area contributed by atoms with E-state index in [0.29, 0.717) is 25.0 Å². The van der Waals surface area contributed by atoms with Gasteiger partial charge in [-0.05, 0) is 91.1 Å². The molecule has 3 atom stereocenters. The number of rotatable bonds is 14. The Kier molecular flexibility index (Phi) is 10.1. The zero-order chi connectivity index (χ0) is 25.5. The van der Waals surface area contributed by atoms with E-state index >= 15 is 0 Å². The van der Waals surface area contributed by atoms with Gasteiger partial charge in [-0.2, -0.15) is 0 Å². The molecule has 2 aliphatic carbocycles. The van der Waals surface area contributed by atoms with Gasteiger partial charge < -0.3 is 10.2 Å². The second-order valence-electron chi connectivity index (χ2n) is 11.8. The summed E-state index contributed by atoms with van der Waals surface area (Å²) in [6, 6.07) is 0. The topological polar surface area (TPSA) is 109 Å². The molecule has 0 radical (unpaired) electrons. The summed E-state index contributed by atoms with van der Waals surface area (Å²) in [6.45, 7) is 6.97. The molecule has 34 heavy (non-hydrogen) atoms.